The average molecular weight is 258 g/mol. The van der Waals surface area contributed by atoms with Crippen LogP contribution < -0.4 is 0 Å². The van der Waals surface area contributed by atoms with Crippen molar-refractivity contribution in [2.45, 2.75) is 52.4 Å². The van der Waals surface area contributed by atoms with Crippen LogP contribution in [0.4, 0.5) is 0 Å². The Morgan fingerprint density at radius 3 is 1.11 bits per heavy atom. The van der Waals surface area contributed by atoms with E-state index in [-0.39, 0.29) is 0 Å². The summed E-state index contributed by atoms with van der Waals surface area (Å²) in [5, 5.41) is 0. The molecule has 0 N–H and O–H groups in total. The maximum Gasteiger partial charge on any atom is 0.128 e. The number of quaternary nitrogens is 2. The second-order valence-corrected chi connectivity index (χ2v) is 7.18. The Bertz CT molecular complexity index is 175. The van der Waals surface area contributed by atoms with E-state index in [2.05, 4.69) is 42.0 Å². The minimum absolute atomic E-state index is 1.19. The SMILES string of the molecule is CCCCC[N+](C)(C)CC[N+](C)(C)CCCCC. The van der Waals surface area contributed by atoms with Crippen LogP contribution in [0.5, 0.6) is 0 Å². The van der Waals surface area contributed by atoms with Crippen LogP contribution in [-0.2, 0) is 0 Å². The van der Waals surface area contributed by atoms with E-state index in [0.717, 1.165) is 0 Å². The van der Waals surface area contributed by atoms with Crippen molar-refractivity contribution in [1.82, 2.24) is 0 Å². The maximum atomic E-state index is 2.39. The van der Waals surface area contributed by atoms with E-state index in [1.54, 1.807) is 0 Å². The van der Waals surface area contributed by atoms with Gasteiger partial charge in [0.2, 0.25) is 0 Å². The zero-order valence-electron chi connectivity index (χ0n) is 14.0. The zero-order chi connectivity index (χ0) is 14.1. The molecule has 0 saturated heterocycles. The molecule has 0 radical (unpaired) electrons. The first-order chi connectivity index (χ1) is 8.33. The summed E-state index contributed by atoms with van der Waals surface area (Å²) in [4.78, 5) is 0. The molecule has 0 saturated carbocycles. The minimum atomic E-state index is 1.19. The predicted molar refractivity (Wildman–Crippen MR) is 82.7 cm³/mol. The highest BCUT2D eigenvalue weighted by Gasteiger charge is 2.21. The third-order valence-corrected chi connectivity index (χ3v) is 4.04. The van der Waals surface area contributed by atoms with Crippen LogP contribution in [0.25, 0.3) is 0 Å². The van der Waals surface area contributed by atoms with Gasteiger partial charge in [0.25, 0.3) is 0 Å². The van der Waals surface area contributed by atoms with Crippen molar-refractivity contribution >= 4 is 0 Å². The smallest absolute Gasteiger partial charge is 0.128 e. The predicted octanol–water partition coefficient (Wildman–Crippen LogP) is 3.52. The number of rotatable bonds is 11. The van der Waals surface area contributed by atoms with Crippen molar-refractivity contribution in [2.24, 2.45) is 0 Å². The van der Waals surface area contributed by atoms with Crippen LogP contribution in [0.15, 0.2) is 0 Å². The van der Waals surface area contributed by atoms with Crippen molar-refractivity contribution in [1.29, 1.82) is 0 Å². The Morgan fingerprint density at radius 2 is 0.833 bits per heavy atom. The molecule has 110 valence electrons. The zero-order valence-corrected chi connectivity index (χ0v) is 14.0. The molecule has 0 aromatic heterocycles. The summed E-state index contributed by atoms with van der Waals surface area (Å²) in [6.07, 6.45) is 8.20. The Kier molecular flexibility index (Phi) is 8.89. The molecular weight excluding hydrogens is 220 g/mol. The van der Waals surface area contributed by atoms with Crippen LogP contribution in [0.1, 0.15) is 52.4 Å². The largest absolute Gasteiger partial charge is 0.324 e. The van der Waals surface area contributed by atoms with Gasteiger partial charge < -0.3 is 8.97 Å². The second-order valence-electron chi connectivity index (χ2n) is 7.18. The molecule has 0 amide bonds. The molecule has 0 aromatic rings. The molecule has 0 fully saturated rings. The van der Waals surface area contributed by atoms with Crippen LogP contribution in [-0.4, -0.2) is 63.3 Å². The van der Waals surface area contributed by atoms with E-state index in [0.29, 0.717) is 0 Å². The van der Waals surface area contributed by atoms with E-state index < -0.39 is 0 Å². The van der Waals surface area contributed by atoms with Crippen LogP contribution in [0.3, 0.4) is 0 Å². The van der Waals surface area contributed by atoms with Gasteiger partial charge in [0.1, 0.15) is 13.1 Å². The van der Waals surface area contributed by atoms with Crippen molar-refractivity contribution in [3.8, 4) is 0 Å². The van der Waals surface area contributed by atoms with E-state index in [1.807, 2.05) is 0 Å². The lowest BCUT2D eigenvalue weighted by molar-refractivity contribution is -0.946. The van der Waals surface area contributed by atoms with E-state index >= 15 is 0 Å². The van der Waals surface area contributed by atoms with Gasteiger partial charge in [-0.1, -0.05) is 26.7 Å². The summed E-state index contributed by atoms with van der Waals surface area (Å²) >= 11 is 0. The molecule has 0 aliphatic rings. The molecule has 0 aromatic carbocycles. The Hall–Kier alpha value is -0.0800. The molecule has 2 heteroatoms. The van der Waals surface area contributed by atoms with E-state index in [1.165, 1.54) is 73.7 Å². The highest BCUT2D eigenvalue weighted by atomic mass is 15.4. The van der Waals surface area contributed by atoms with Crippen molar-refractivity contribution in [2.75, 3.05) is 54.4 Å². The molecule has 0 spiro atoms. The van der Waals surface area contributed by atoms with Gasteiger partial charge >= 0.3 is 0 Å². The van der Waals surface area contributed by atoms with Gasteiger partial charge in [0.15, 0.2) is 0 Å². The monoisotopic (exact) mass is 258 g/mol. The number of hydrogen-bond donors (Lipinski definition) is 0. The Labute approximate surface area is 116 Å². The second kappa shape index (κ2) is 8.92. The van der Waals surface area contributed by atoms with Crippen LogP contribution >= 0.6 is 0 Å². The molecule has 0 atom stereocenters. The normalized spacial score (nSPS) is 13.0. The Morgan fingerprint density at radius 1 is 0.500 bits per heavy atom. The standard InChI is InChI=1S/C16H38N2/c1-7-9-11-13-17(3,4)15-16-18(5,6)14-12-10-8-2/h7-16H2,1-6H3/q+2. The Balaban J connectivity index is 3.88. The summed E-state index contributed by atoms with van der Waals surface area (Å²) in [6.45, 7) is 9.86. The number of unbranched alkanes of at least 4 members (excludes halogenated alkanes) is 4. The topological polar surface area (TPSA) is 0 Å². The highest BCUT2D eigenvalue weighted by Crippen LogP contribution is 2.08. The summed E-state index contributed by atoms with van der Waals surface area (Å²) < 4.78 is 2.38. The molecule has 18 heavy (non-hydrogen) atoms. The van der Waals surface area contributed by atoms with Gasteiger partial charge in [-0.3, -0.25) is 0 Å². The summed E-state index contributed by atoms with van der Waals surface area (Å²) in [7, 11) is 9.56. The lowest BCUT2D eigenvalue weighted by atomic mass is 10.2. The fourth-order valence-corrected chi connectivity index (χ4v) is 2.34. The van der Waals surface area contributed by atoms with Crippen LogP contribution in [0.2, 0.25) is 0 Å². The molecular formula is C16H38N2+2. The summed E-state index contributed by atoms with van der Waals surface area (Å²) in [5.74, 6) is 0. The van der Waals surface area contributed by atoms with Crippen molar-refractivity contribution in [3.05, 3.63) is 0 Å². The van der Waals surface area contributed by atoms with E-state index in [4.69, 9.17) is 0 Å². The van der Waals surface area contributed by atoms with Gasteiger partial charge in [-0.05, 0) is 25.7 Å². The third kappa shape index (κ3) is 9.90. The molecule has 0 aliphatic carbocycles. The van der Waals surface area contributed by atoms with Gasteiger partial charge in [-0.2, -0.15) is 0 Å². The third-order valence-electron chi connectivity index (χ3n) is 4.04. The molecule has 0 heterocycles. The average Bonchev–Trinajstić information content (AvgIpc) is 2.27. The van der Waals surface area contributed by atoms with Gasteiger partial charge in [0.05, 0.1) is 41.3 Å². The van der Waals surface area contributed by atoms with Crippen molar-refractivity contribution < 1.29 is 8.97 Å². The quantitative estimate of drug-likeness (QED) is 0.393. The number of likely N-dealkylation sites (N-methyl/N-ethyl adjacent to an activating group) is 2. The van der Waals surface area contributed by atoms with Gasteiger partial charge in [-0.15, -0.1) is 0 Å². The van der Waals surface area contributed by atoms with Gasteiger partial charge in [-0.25, -0.2) is 0 Å². The maximum absolute atomic E-state index is 2.39. The summed E-state index contributed by atoms with van der Waals surface area (Å²) in [6, 6.07) is 0. The first-order valence-electron chi connectivity index (χ1n) is 7.97. The molecule has 0 rings (SSSR count). The fraction of sp³-hybridized carbons (Fsp3) is 1.00. The molecule has 2 nitrogen and oxygen atoms in total. The first kappa shape index (κ1) is 17.9. The van der Waals surface area contributed by atoms with Crippen molar-refractivity contribution in [3.63, 3.8) is 0 Å². The molecule has 0 aliphatic heterocycles. The number of hydrogen-bond acceptors (Lipinski definition) is 0. The number of nitrogens with zero attached hydrogens (tertiary/aromatic N) is 2. The fourth-order valence-electron chi connectivity index (χ4n) is 2.34. The molecule has 0 unspecified atom stereocenters. The molecule has 0 bridgehead atoms. The lowest BCUT2D eigenvalue weighted by Crippen LogP contribution is -2.51. The van der Waals surface area contributed by atoms with Gasteiger partial charge in [0, 0.05) is 0 Å². The lowest BCUT2D eigenvalue weighted by Gasteiger charge is -2.35. The minimum Gasteiger partial charge on any atom is -0.324 e. The first-order valence-corrected chi connectivity index (χ1v) is 7.97. The van der Waals surface area contributed by atoms with Crippen LogP contribution in [0, 0.1) is 0 Å². The summed E-state index contributed by atoms with van der Waals surface area (Å²) in [5.41, 5.74) is 0. The highest BCUT2D eigenvalue weighted by molar-refractivity contribution is 4.42. The van der Waals surface area contributed by atoms with E-state index in [9.17, 15) is 0 Å².